The quantitative estimate of drug-likeness (QED) is 0.433. The van der Waals surface area contributed by atoms with Crippen molar-refractivity contribution in [2.24, 2.45) is 0 Å². The van der Waals surface area contributed by atoms with E-state index in [-0.39, 0.29) is 11.7 Å². The number of pyridine rings is 1. The maximum Gasteiger partial charge on any atom is 0.249 e. The summed E-state index contributed by atoms with van der Waals surface area (Å²) < 4.78 is 14.6. The lowest BCUT2D eigenvalue weighted by atomic mass is 9.96. The Morgan fingerprint density at radius 1 is 1.15 bits per heavy atom. The fraction of sp³-hybridized carbons (Fsp3) is 0.280. The summed E-state index contributed by atoms with van der Waals surface area (Å²) in [6, 6.07) is 8.64. The van der Waals surface area contributed by atoms with Crippen molar-refractivity contribution in [2.75, 3.05) is 31.3 Å². The lowest BCUT2D eigenvalue weighted by molar-refractivity contribution is -0.117. The lowest BCUT2D eigenvalue weighted by Crippen LogP contribution is -2.18. The highest BCUT2D eigenvalue weighted by Crippen LogP contribution is 2.27. The van der Waals surface area contributed by atoms with Crippen LogP contribution < -0.4 is 10.6 Å². The van der Waals surface area contributed by atoms with E-state index in [0.29, 0.717) is 17.2 Å². The average Bonchev–Trinajstić information content (AvgIpc) is 3.27. The summed E-state index contributed by atoms with van der Waals surface area (Å²) in [7, 11) is 3.76. The summed E-state index contributed by atoms with van der Waals surface area (Å²) in [5.41, 5.74) is 2.04. The van der Waals surface area contributed by atoms with Crippen molar-refractivity contribution in [1.82, 2.24) is 14.9 Å². The van der Waals surface area contributed by atoms with Gasteiger partial charge in [-0.25, -0.2) is 14.4 Å². The number of carbonyl (C=O) groups is 2. The van der Waals surface area contributed by atoms with Gasteiger partial charge in [-0.2, -0.15) is 0 Å². The van der Waals surface area contributed by atoms with Crippen molar-refractivity contribution in [3.05, 3.63) is 71.1 Å². The van der Waals surface area contributed by atoms with Gasteiger partial charge in [-0.15, -0.1) is 11.3 Å². The number of hydrogen-bond acceptors (Lipinski definition) is 6. The van der Waals surface area contributed by atoms with Gasteiger partial charge in [0, 0.05) is 35.5 Å². The van der Waals surface area contributed by atoms with Gasteiger partial charge >= 0.3 is 0 Å². The lowest BCUT2D eigenvalue weighted by Gasteiger charge is -2.13. The minimum Gasteiger partial charge on any atom is -0.306 e. The number of benzene rings is 1. The van der Waals surface area contributed by atoms with E-state index in [0.717, 1.165) is 22.4 Å². The zero-order valence-electron chi connectivity index (χ0n) is 19.6. The van der Waals surface area contributed by atoms with Gasteiger partial charge in [0.05, 0.1) is 5.92 Å². The molecule has 0 radical (unpaired) electrons. The Morgan fingerprint density at radius 2 is 1.94 bits per heavy atom. The molecular weight excluding hydrogens is 453 g/mol. The van der Waals surface area contributed by atoms with Crippen LogP contribution in [0.1, 0.15) is 30.2 Å². The Kier molecular flexibility index (Phi) is 8.61. The molecule has 1 atom stereocenters. The molecule has 0 spiro atoms. The molecular formula is C25H28FN5O2S. The highest BCUT2D eigenvalue weighted by molar-refractivity contribution is 7.15. The first-order chi connectivity index (χ1) is 16.3. The van der Waals surface area contributed by atoms with E-state index in [1.807, 2.05) is 57.1 Å². The van der Waals surface area contributed by atoms with E-state index in [2.05, 4.69) is 20.6 Å². The number of hydrogen-bond donors (Lipinski definition) is 2. The van der Waals surface area contributed by atoms with Gasteiger partial charge < -0.3 is 15.5 Å². The molecule has 0 aliphatic heterocycles. The number of thiazole rings is 1. The first kappa shape index (κ1) is 25.2. The fourth-order valence-electron chi connectivity index (χ4n) is 3.10. The van der Waals surface area contributed by atoms with Gasteiger partial charge in [0.25, 0.3) is 0 Å². The molecule has 1 aromatic carbocycles. The summed E-state index contributed by atoms with van der Waals surface area (Å²) >= 11 is 1.46. The molecule has 0 bridgehead atoms. The molecule has 0 saturated heterocycles. The van der Waals surface area contributed by atoms with Gasteiger partial charge in [-0.3, -0.25) is 9.59 Å². The van der Waals surface area contributed by atoms with Crippen LogP contribution in [0.15, 0.2) is 54.9 Å². The van der Waals surface area contributed by atoms with Crippen LogP contribution in [0, 0.1) is 5.82 Å². The number of carbonyl (C=O) groups excluding carboxylic acids is 2. The third-order valence-electron chi connectivity index (χ3n) is 5.07. The van der Waals surface area contributed by atoms with Crippen molar-refractivity contribution in [1.29, 1.82) is 0 Å². The molecule has 9 heteroatoms. The predicted octanol–water partition coefficient (Wildman–Crippen LogP) is 4.71. The molecule has 2 amide bonds. The number of rotatable bonds is 9. The highest BCUT2D eigenvalue weighted by Gasteiger charge is 2.18. The van der Waals surface area contributed by atoms with Crippen molar-refractivity contribution >= 4 is 34.1 Å². The van der Waals surface area contributed by atoms with Gasteiger partial charge in [0.2, 0.25) is 11.8 Å². The maximum absolute atomic E-state index is 14.6. The molecule has 7 nitrogen and oxygen atoms in total. The van der Waals surface area contributed by atoms with E-state index < -0.39 is 17.6 Å². The summed E-state index contributed by atoms with van der Waals surface area (Å²) in [4.78, 5) is 36.0. The van der Waals surface area contributed by atoms with Crippen LogP contribution in [0.2, 0.25) is 0 Å². The standard InChI is InChI=1S/C25H28FN5O2S/c1-5-20-15-28-25(34-20)30-24(33)16(2)17-8-6-9-18(12-17)19-13-21(26)23(27-14-19)29-22(32)10-7-11-31(3)4/h6-10,12-16H,5,11H2,1-4H3,(H,27,29,32)(H,28,30,33)/b10-7+/t16-/m0/s1. The minimum atomic E-state index is -0.640. The summed E-state index contributed by atoms with van der Waals surface area (Å²) in [5.74, 6) is -1.83. The van der Waals surface area contributed by atoms with Gasteiger partial charge in [-0.05, 0) is 44.6 Å². The van der Waals surface area contributed by atoms with Crippen LogP contribution in [-0.2, 0) is 16.0 Å². The molecule has 0 saturated carbocycles. The topological polar surface area (TPSA) is 87.2 Å². The van der Waals surface area contributed by atoms with Crippen molar-refractivity contribution in [2.45, 2.75) is 26.2 Å². The second kappa shape index (κ2) is 11.6. The third kappa shape index (κ3) is 6.79. The smallest absolute Gasteiger partial charge is 0.249 e. The zero-order chi connectivity index (χ0) is 24.7. The number of halogens is 1. The molecule has 2 N–H and O–H groups in total. The fourth-order valence-corrected chi connectivity index (χ4v) is 3.85. The predicted molar refractivity (Wildman–Crippen MR) is 134 cm³/mol. The Labute approximate surface area is 202 Å². The number of aryl methyl sites for hydroxylation is 1. The van der Waals surface area contributed by atoms with Gasteiger partial charge in [-0.1, -0.05) is 37.3 Å². The number of likely N-dealkylation sites (N-methyl/N-ethyl adjacent to an activating group) is 1. The van der Waals surface area contributed by atoms with Gasteiger partial charge in [0.1, 0.15) is 0 Å². The summed E-state index contributed by atoms with van der Waals surface area (Å²) in [6.45, 7) is 4.44. The van der Waals surface area contributed by atoms with Crippen LogP contribution in [0.3, 0.4) is 0 Å². The molecule has 0 fully saturated rings. The van der Waals surface area contributed by atoms with Crippen LogP contribution >= 0.6 is 11.3 Å². The van der Waals surface area contributed by atoms with Crippen LogP contribution in [-0.4, -0.2) is 47.3 Å². The van der Waals surface area contributed by atoms with Crippen molar-refractivity contribution < 1.29 is 14.0 Å². The van der Waals surface area contributed by atoms with E-state index in [1.54, 1.807) is 12.3 Å². The number of amides is 2. The molecule has 0 aliphatic rings. The molecule has 34 heavy (non-hydrogen) atoms. The summed E-state index contributed by atoms with van der Waals surface area (Å²) in [5, 5.41) is 5.88. The summed E-state index contributed by atoms with van der Waals surface area (Å²) in [6.07, 6.45) is 7.15. The van der Waals surface area contributed by atoms with Crippen molar-refractivity contribution in [3.8, 4) is 11.1 Å². The molecule has 3 aromatic rings. The number of nitrogens with one attached hydrogen (secondary N) is 2. The average molecular weight is 482 g/mol. The second-order valence-electron chi connectivity index (χ2n) is 8.03. The first-order valence-electron chi connectivity index (χ1n) is 10.9. The Hall–Kier alpha value is -3.43. The maximum atomic E-state index is 14.6. The molecule has 0 unspecified atom stereocenters. The van der Waals surface area contributed by atoms with Crippen LogP contribution in [0.25, 0.3) is 11.1 Å². The van der Waals surface area contributed by atoms with Crippen LogP contribution in [0.4, 0.5) is 15.3 Å². The SMILES string of the molecule is CCc1cnc(NC(=O)[C@@H](C)c2cccc(-c3cnc(NC(=O)/C=C/CN(C)C)c(F)c3)c2)s1. The molecule has 178 valence electrons. The largest absolute Gasteiger partial charge is 0.306 e. The Morgan fingerprint density at radius 3 is 2.62 bits per heavy atom. The minimum absolute atomic E-state index is 0.137. The molecule has 2 aromatic heterocycles. The van der Waals surface area contributed by atoms with Gasteiger partial charge in [0.15, 0.2) is 16.8 Å². The van der Waals surface area contributed by atoms with E-state index in [4.69, 9.17) is 0 Å². The highest BCUT2D eigenvalue weighted by atomic mass is 32.1. The van der Waals surface area contributed by atoms with E-state index in [9.17, 15) is 14.0 Å². The third-order valence-corrected chi connectivity index (χ3v) is 6.13. The first-order valence-corrected chi connectivity index (χ1v) is 11.7. The normalized spacial score (nSPS) is 12.2. The molecule has 0 aliphatic carbocycles. The van der Waals surface area contributed by atoms with Crippen LogP contribution in [0.5, 0.6) is 0 Å². The monoisotopic (exact) mass is 481 g/mol. The number of anilines is 2. The van der Waals surface area contributed by atoms with E-state index in [1.165, 1.54) is 29.7 Å². The number of nitrogens with zero attached hydrogens (tertiary/aromatic N) is 3. The van der Waals surface area contributed by atoms with Crippen molar-refractivity contribution in [3.63, 3.8) is 0 Å². The Bertz CT molecular complexity index is 1190. The second-order valence-corrected chi connectivity index (χ2v) is 9.15. The Balaban J connectivity index is 1.70. The number of aromatic nitrogens is 2. The molecule has 2 heterocycles. The van der Waals surface area contributed by atoms with E-state index >= 15 is 0 Å². The molecule has 3 rings (SSSR count). The zero-order valence-corrected chi connectivity index (χ0v) is 20.4.